The molecule has 0 aromatic heterocycles. The van der Waals surface area contributed by atoms with Crippen molar-refractivity contribution in [3.8, 4) is 0 Å². The molecule has 1 saturated heterocycles. The SMILES string of the molecule is CC(C)(C)C(=O)OC[C@H]1O[C@H](O)C[C@@H](OC(=O)C(C)(C)C)[C@H]1OC(=O)C(C)(C)C. The number of hydrogen-bond acceptors (Lipinski definition) is 8. The van der Waals surface area contributed by atoms with E-state index in [4.69, 9.17) is 18.9 Å². The maximum Gasteiger partial charge on any atom is 0.311 e. The molecule has 0 aliphatic carbocycles. The van der Waals surface area contributed by atoms with Crippen molar-refractivity contribution in [2.24, 2.45) is 16.2 Å². The first-order valence-corrected chi connectivity index (χ1v) is 9.86. The van der Waals surface area contributed by atoms with E-state index in [9.17, 15) is 19.5 Å². The highest BCUT2D eigenvalue weighted by atomic mass is 16.7. The van der Waals surface area contributed by atoms with E-state index in [0.717, 1.165) is 0 Å². The van der Waals surface area contributed by atoms with Gasteiger partial charge in [0, 0.05) is 6.42 Å². The number of aliphatic hydroxyl groups excluding tert-OH is 1. The summed E-state index contributed by atoms with van der Waals surface area (Å²) in [6.07, 6.45) is -4.25. The normalized spacial score (nSPS) is 25.9. The smallest absolute Gasteiger partial charge is 0.311 e. The van der Waals surface area contributed by atoms with Crippen LogP contribution in [0.3, 0.4) is 0 Å². The maximum absolute atomic E-state index is 12.5. The van der Waals surface area contributed by atoms with Crippen LogP contribution in [0.4, 0.5) is 0 Å². The van der Waals surface area contributed by atoms with E-state index in [2.05, 4.69) is 0 Å². The summed E-state index contributed by atoms with van der Waals surface area (Å²) in [6, 6.07) is 0. The molecule has 8 heteroatoms. The third-order valence-electron chi connectivity index (χ3n) is 4.22. The van der Waals surface area contributed by atoms with Crippen molar-refractivity contribution in [1.29, 1.82) is 0 Å². The summed E-state index contributed by atoms with van der Waals surface area (Å²) >= 11 is 0. The molecule has 0 amide bonds. The van der Waals surface area contributed by atoms with Crippen molar-refractivity contribution in [2.45, 2.75) is 93.3 Å². The van der Waals surface area contributed by atoms with Crippen LogP contribution in [-0.2, 0) is 33.3 Å². The Hall–Kier alpha value is -1.67. The third kappa shape index (κ3) is 7.59. The van der Waals surface area contributed by atoms with Gasteiger partial charge in [-0.25, -0.2) is 0 Å². The Labute approximate surface area is 173 Å². The van der Waals surface area contributed by atoms with E-state index >= 15 is 0 Å². The van der Waals surface area contributed by atoms with Crippen molar-refractivity contribution in [3.05, 3.63) is 0 Å². The number of ether oxygens (including phenoxy) is 4. The Morgan fingerprint density at radius 3 is 1.72 bits per heavy atom. The molecular weight excluding hydrogens is 380 g/mol. The van der Waals surface area contributed by atoms with Gasteiger partial charge in [-0.15, -0.1) is 0 Å². The Bertz CT molecular complexity index is 606. The van der Waals surface area contributed by atoms with Crippen molar-refractivity contribution >= 4 is 17.9 Å². The first-order valence-electron chi connectivity index (χ1n) is 9.86. The standard InChI is InChI=1S/C21H36O8/c1-19(2,3)16(23)26-11-13-15(29-18(25)21(7,8)9)12(10-14(22)27-13)28-17(24)20(4,5)6/h12-15,22H,10-11H2,1-9H3/t12-,13-,14+,15-/m1/s1. The van der Waals surface area contributed by atoms with E-state index in [1.807, 2.05) is 0 Å². The third-order valence-corrected chi connectivity index (χ3v) is 4.22. The molecule has 1 rings (SSSR count). The summed E-state index contributed by atoms with van der Waals surface area (Å²) in [6.45, 7) is 15.0. The topological polar surface area (TPSA) is 108 Å². The second-order valence-corrected chi connectivity index (χ2v) is 10.5. The van der Waals surface area contributed by atoms with Crippen molar-refractivity contribution in [3.63, 3.8) is 0 Å². The fourth-order valence-electron chi connectivity index (χ4n) is 2.30. The molecular formula is C21H36O8. The highest BCUT2D eigenvalue weighted by Gasteiger charge is 2.46. The van der Waals surface area contributed by atoms with Crippen LogP contribution in [0.25, 0.3) is 0 Å². The molecule has 1 aliphatic heterocycles. The van der Waals surface area contributed by atoms with Crippen LogP contribution in [0.1, 0.15) is 68.7 Å². The fraction of sp³-hybridized carbons (Fsp3) is 0.857. The predicted octanol–water partition coefficient (Wildman–Crippen LogP) is 2.60. The van der Waals surface area contributed by atoms with E-state index in [1.165, 1.54) is 0 Å². The Morgan fingerprint density at radius 1 is 0.828 bits per heavy atom. The van der Waals surface area contributed by atoms with Crippen LogP contribution in [0, 0.1) is 16.2 Å². The zero-order chi connectivity index (χ0) is 22.8. The van der Waals surface area contributed by atoms with E-state index < -0.39 is 58.8 Å². The molecule has 0 bridgehead atoms. The van der Waals surface area contributed by atoms with Gasteiger partial charge in [0.1, 0.15) is 18.8 Å². The molecule has 168 valence electrons. The molecule has 0 radical (unpaired) electrons. The minimum absolute atomic E-state index is 0.0619. The molecule has 1 fully saturated rings. The largest absolute Gasteiger partial charge is 0.462 e. The second kappa shape index (κ2) is 9.00. The van der Waals surface area contributed by atoms with Crippen LogP contribution in [0.15, 0.2) is 0 Å². The molecule has 4 atom stereocenters. The first kappa shape index (κ1) is 25.4. The van der Waals surface area contributed by atoms with Gasteiger partial charge in [-0.3, -0.25) is 14.4 Å². The molecule has 29 heavy (non-hydrogen) atoms. The average Bonchev–Trinajstić information content (AvgIpc) is 2.52. The van der Waals surface area contributed by atoms with Gasteiger partial charge in [0.2, 0.25) is 0 Å². The van der Waals surface area contributed by atoms with Crippen LogP contribution in [-0.4, -0.2) is 54.2 Å². The van der Waals surface area contributed by atoms with Crippen LogP contribution < -0.4 is 0 Å². The quantitative estimate of drug-likeness (QED) is 0.550. The number of carbonyl (C=O) groups excluding carboxylic acids is 3. The molecule has 0 aromatic rings. The molecule has 0 unspecified atom stereocenters. The summed E-state index contributed by atoms with van der Waals surface area (Å²) in [5, 5.41) is 10.1. The number of esters is 3. The minimum atomic E-state index is -1.25. The Morgan fingerprint density at radius 2 is 1.28 bits per heavy atom. The van der Waals surface area contributed by atoms with Gasteiger partial charge in [0.25, 0.3) is 0 Å². The monoisotopic (exact) mass is 416 g/mol. The summed E-state index contributed by atoms with van der Waals surface area (Å²) in [5.41, 5.74) is -2.32. The van der Waals surface area contributed by atoms with Gasteiger partial charge in [-0.05, 0) is 62.3 Å². The van der Waals surface area contributed by atoms with Gasteiger partial charge in [0.05, 0.1) is 16.2 Å². The summed E-state index contributed by atoms with van der Waals surface area (Å²) < 4.78 is 22.0. The lowest BCUT2D eigenvalue weighted by Gasteiger charge is -2.40. The van der Waals surface area contributed by atoms with E-state index in [0.29, 0.717) is 0 Å². The molecule has 0 spiro atoms. The van der Waals surface area contributed by atoms with Crippen LogP contribution in [0.2, 0.25) is 0 Å². The summed E-state index contributed by atoms with van der Waals surface area (Å²) in [4.78, 5) is 37.0. The zero-order valence-electron chi connectivity index (χ0n) is 19.0. The molecule has 1 aliphatic rings. The fourth-order valence-corrected chi connectivity index (χ4v) is 2.30. The van der Waals surface area contributed by atoms with Crippen molar-refractivity contribution in [2.75, 3.05) is 6.61 Å². The van der Waals surface area contributed by atoms with E-state index in [1.54, 1.807) is 62.3 Å². The first-order chi connectivity index (χ1) is 12.9. The van der Waals surface area contributed by atoms with Gasteiger partial charge >= 0.3 is 17.9 Å². The highest BCUT2D eigenvalue weighted by Crippen LogP contribution is 2.30. The van der Waals surface area contributed by atoms with Crippen LogP contribution in [0.5, 0.6) is 0 Å². The van der Waals surface area contributed by atoms with Crippen LogP contribution >= 0.6 is 0 Å². The van der Waals surface area contributed by atoms with Gasteiger partial charge in [-0.2, -0.15) is 0 Å². The lowest BCUT2D eigenvalue weighted by molar-refractivity contribution is -0.258. The minimum Gasteiger partial charge on any atom is -0.462 e. The number of carbonyl (C=O) groups is 3. The van der Waals surface area contributed by atoms with Gasteiger partial charge in [-0.1, -0.05) is 0 Å². The molecule has 0 aromatic carbocycles. The predicted molar refractivity (Wildman–Crippen MR) is 105 cm³/mol. The highest BCUT2D eigenvalue weighted by molar-refractivity contribution is 5.77. The Balaban J connectivity index is 3.09. The van der Waals surface area contributed by atoms with Gasteiger partial charge in [0.15, 0.2) is 12.4 Å². The lowest BCUT2D eigenvalue weighted by Crippen LogP contribution is -2.55. The number of rotatable bonds is 4. The molecule has 8 nitrogen and oxygen atoms in total. The molecule has 0 saturated carbocycles. The van der Waals surface area contributed by atoms with Crippen molar-refractivity contribution < 1.29 is 38.4 Å². The second-order valence-electron chi connectivity index (χ2n) is 10.5. The zero-order valence-corrected chi connectivity index (χ0v) is 19.0. The van der Waals surface area contributed by atoms with E-state index in [-0.39, 0.29) is 13.0 Å². The number of aliphatic hydroxyl groups is 1. The molecule has 1 N–H and O–H groups in total. The Kier molecular flexibility index (Phi) is 7.87. The summed E-state index contributed by atoms with van der Waals surface area (Å²) in [7, 11) is 0. The molecule has 1 heterocycles. The maximum atomic E-state index is 12.5. The van der Waals surface area contributed by atoms with Crippen molar-refractivity contribution in [1.82, 2.24) is 0 Å². The lowest BCUT2D eigenvalue weighted by atomic mass is 9.94. The summed E-state index contributed by atoms with van der Waals surface area (Å²) in [5.74, 6) is -1.49. The van der Waals surface area contributed by atoms with Gasteiger partial charge < -0.3 is 24.1 Å². The average molecular weight is 417 g/mol. The number of hydrogen-bond donors (Lipinski definition) is 1.